The van der Waals surface area contributed by atoms with Crippen LogP contribution in [0.4, 0.5) is 5.69 Å². The Morgan fingerprint density at radius 3 is 2.90 bits per heavy atom. The third-order valence-electron chi connectivity index (χ3n) is 3.57. The minimum absolute atomic E-state index is 0.0550. The molecule has 1 aromatic rings. The summed E-state index contributed by atoms with van der Waals surface area (Å²) in [5, 5.41) is 2.91. The van der Waals surface area contributed by atoms with Crippen molar-refractivity contribution in [3.63, 3.8) is 0 Å². The summed E-state index contributed by atoms with van der Waals surface area (Å²) in [6.45, 7) is 3.71. The fourth-order valence-electron chi connectivity index (χ4n) is 2.32. The van der Waals surface area contributed by atoms with Gasteiger partial charge in [0.25, 0.3) is 5.91 Å². The van der Waals surface area contributed by atoms with Gasteiger partial charge in [0, 0.05) is 6.04 Å². The molecule has 1 aliphatic heterocycles. The van der Waals surface area contributed by atoms with Gasteiger partial charge in [-0.3, -0.25) is 14.5 Å². The maximum absolute atomic E-state index is 12.3. The molecule has 5 nitrogen and oxygen atoms in total. The Kier molecular flexibility index (Phi) is 3.12. The number of anilines is 1. The van der Waals surface area contributed by atoms with E-state index in [9.17, 15) is 9.59 Å². The summed E-state index contributed by atoms with van der Waals surface area (Å²) >= 11 is 0. The topological polar surface area (TPSA) is 58.6 Å². The lowest BCUT2D eigenvalue weighted by molar-refractivity contribution is -0.128. The van der Waals surface area contributed by atoms with Crippen LogP contribution in [0.3, 0.4) is 0 Å². The molecule has 2 aliphatic rings. The van der Waals surface area contributed by atoms with E-state index >= 15 is 0 Å². The van der Waals surface area contributed by atoms with Gasteiger partial charge in [-0.15, -0.1) is 0 Å². The van der Waals surface area contributed by atoms with E-state index in [0.29, 0.717) is 17.5 Å². The monoisotopic (exact) mass is 274 g/mol. The quantitative estimate of drug-likeness (QED) is 0.906. The maximum Gasteiger partial charge on any atom is 0.268 e. The third kappa shape index (κ3) is 2.48. The Balaban J connectivity index is 1.85. The van der Waals surface area contributed by atoms with Crippen molar-refractivity contribution in [3.05, 3.63) is 23.8 Å². The van der Waals surface area contributed by atoms with E-state index in [2.05, 4.69) is 5.32 Å². The van der Waals surface area contributed by atoms with Gasteiger partial charge in [-0.25, -0.2) is 0 Å². The molecule has 0 unspecified atom stereocenters. The molecule has 20 heavy (non-hydrogen) atoms. The first-order chi connectivity index (χ1) is 9.54. The highest BCUT2D eigenvalue weighted by Crippen LogP contribution is 2.34. The van der Waals surface area contributed by atoms with Crippen molar-refractivity contribution in [2.24, 2.45) is 0 Å². The van der Waals surface area contributed by atoms with Crippen LogP contribution >= 0.6 is 0 Å². The average Bonchev–Trinajstić information content (AvgIpc) is 3.20. The lowest BCUT2D eigenvalue weighted by Crippen LogP contribution is -2.49. The summed E-state index contributed by atoms with van der Waals surface area (Å²) in [7, 11) is 0. The van der Waals surface area contributed by atoms with Crippen molar-refractivity contribution in [1.82, 2.24) is 5.32 Å². The third-order valence-corrected chi connectivity index (χ3v) is 3.57. The highest BCUT2D eigenvalue weighted by atomic mass is 16.5. The molecule has 5 heteroatoms. The van der Waals surface area contributed by atoms with Gasteiger partial charge in [0.05, 0.1) is 5.69 Å². The number of carbonyl (C=O) groups is 2. The first kappa shape index (κ1) is 13.0. The number of hydrogen-bond donors (Lipinski definition) is 1. The number of nitrogens with one attached hydrogen (secondary N) is 1. The van der Waals surface area contributed by atoms with Crippen molar-refractivity contribution in [3.8, 4) is 5.75 Å². The number of amides is 2. The zero-order valence-corrected chi connectivity index (χ0v) is 11.7. The van der Waals surface area contributed by atoms with Crippen LogP contribution in [0, 0.1) is 6.92 Å². The van der Waals surface area contributed by atoms with Gasteiger partial charge in [-0.1, -0.05) is 6.07 Å². The van der Waals surface area contributed by atoms with E-state index in [-0.39, 0.29) is 18.4 Å². The normalized spacial score (nSPS) is 21.2. The molecule has 106 valence electrons. The highest BCUT2D eigenvalue weighted by Gasteiger charge is 2.33. The van der Waals surface area contributed by atoms with Crippen LogP contribution in [0.5, 0.6) is 5.75 Å². The number of aryl methyl sites for hydroxylation is 1. The molecule has 1 heterocycles. The van der Waals surface area contributed by atoms with Crippen LogP contribution in [-0.4, -0.2) is 30.5 Å². The molecule has 0 radical (unpaired) electrons. The zero-order valence-electron chi connectivity index (χ0n) is 11.7. The van der Waals surface area contributed by atoms with Crippen molar-refractivity contribution >= 4 is 17.5 Å². The van der Waals surface area contributed by atoms with Crippen LogP contribution in [-0.2, 0) is 9.59 Å². The molecule has 3 rings (SSSR count). The second kappa shape index (κ2) is 4.81. The van der Waals surface area contributed by atoms with Gasteiger partial charge in [0.2, 0.25) is 5.91 Å². The fourth-order valence-corrected chi connectivity index (χ4v) is 2.32. The van der Waals surface area contributed by atoms with E-state index in [1.165, 1.54) is 4.90 Å². The first-order valence-electron chi connectivity index (χ1n) is 6.92. The second-order valence-corrected chi connectivity index (χ2v) is 5.50. The number of fused-ring (bicyclic) bond motifs is 1. The summed E-state index contributed by atoms with van der Waals surface area (Å²) in [4.78, 5) is 25.7. The number of nitrogens with zero attached hydrogens (tertiary/aromatic N) is 1. The van der Waals surface area contributed by atoms with Crippen LogP contribution in [0.1, 0.15) is 25.3 Å². The van der Waals surface area contributed by atoms with Gasteiger partial charge >= 0.3 is 0 Å². The predicted molar refractivity (Wildman–Crippen MR) is 74.8 cm³/mol. The minimum atomic E-state index is -0.557. The Hall–Kier alpha value is -2.04. The molecular formula is C15H18N2O3. The fraction of sp³-hybridized carbons (Fsp3) is 0.467. The van der Waals surface area contributed by atoms with Crippen LogP contribution in [0.2, 0.25) is 0 Å². The van der Waals surface area contributed by atoms with Crippen LogP contribution in [0.15, 0.2) is 18.2 Å². The lowest BCUT2D eigenvalue weighted by atomic mass is 10.1. The highest BCUT2D eigenvalue weighted by molar-refractivity contribution is 6.03. The van der Waals surface area contributed by atoms with Gasteiger partial charge in [-0.2, -0.15) is 0 Å². The average molecular weight is 274 g/mol. The number of hydrogen-bond acceptors (Lipinski definition) is 3. The molecule has 0 aromatic heterocycles. The zero-order chi connectivity index (χ0) is 14.3. The standard InChI is InChI=1S/C15H18N2O3/c1-9-3-6-13-12(7-9)17(15(19)10(2)20-13)8-14(18)16-11-4-5-11/h3,6-7,10-11H,4-5,8H2,1-2H3,(H,16,18)/t10-/m0/s1. The van der Waals surface area contributed by atoms with Crippen molar-refractivity contribution in [2.75, 3.05) is 11.4 Å². The van der Waals surface area contributed by atoms with Gasteiger partial charge < -0.3 is 10.1 Å². The van der Waals surface area contributed by atoms with Crippen LogP contribution < -0.4 is 15.0 Å². The van der Waals surface area contributed by atoms with Gasteiger partial charge in [0.15, 0.2) is 6.10 Å². The van der Waals surface area contributed by atoms with Crippen LogP contribution in [0.25, 0.3) is 0 Å². The molecule has 0 spiro atoms. The van der Waals surface area contributed by atoms with E-state index < -0.39 is 6.10 Å². The lowest BCUT2D eigenvalue weighted by Gasteiger charge is -2.32. The summed E-state index contributed by atoms with van der Waals surface area (Å²) in [6.07, 6.45) is 1.52. The number of carbonyl (C=O) groups excluding carboxylic acids is 2. The summed E-state index contributed by atoms with van der Waals surface area (Å²) in [5.41, 5.74) is 1.71. The molecule has 1 aliphatic carbocycles. The molecular weight excluding hydrogens is 256 g/mol. The Morgan fingerprint density at radius 2 is 2.20 bits per heavy atom. The van der Waals surface area contributed by atoms with Crippen molar-refractivity contribution < 1.29 is 14.3 Å². The smallest absolute Gasteiger partial charge is 0.268 e. The van der Waals surface area contributed by atoms with E-state index in [0.717, 1.165) is 18.4 Å². The van der Waals surface area contributed by atoms with Gasteiger partial charge in [-0.05, 0) is 44.4 Å². The number of rotatable bonds is 3. The molecule has 1 atom stereocenters. The predicted octanol–water partition coefficient (Wildman–Crippen LogP) is 1.39. The molecule has 0 saturated heterocycles. The molecule has 1 saturated carbocycles. The van der Waals surface area contributed by atoms with Crippen molar-refractivity contribution in [1.29, 1.82) is 0 Å². The summed E-state index contributed by atoms with van der Waals surface area (Å²) < 4.78 is 5.58. The van der Waals surface area contributed by atoms with E-state index in [1.807, 2.05) is 25.1 Å². The maximum atomic E-state index is 12.3. The molecule has 1 N–H and O–H groups in total. The first-order valence-corrected chi connectivity index (χ1v) is 6.92. The SMILES string of the molecule is Cc1ccc2c(c1)N(CC(=O)NC1CC1)C(=O)[C@H](C)O2. The van der Waals surface area contributed by atoms with E-state index in [1.54, 1.807) is 6.92 Å². The molecule has 1 fully saturated rings. The number of benzene rings is 1. The van der Waals surface area contributed by atoms with E-state index in [4.69, 9.17) is 4.74 Å². The Bertz CT molecular complexity index is 566. The molecule has 2 amide bonds. The molecule has 1 aromatic carbocycles. The summed E-state index contributed by atoms with van der Waals surface area (Å²) in [5.74, 6) is 0.373. The van der Waals surface area contributed by atoms with Crippen molar-refractivity contribution in [2.45, 2.75) is 38.8 Å². The minimum Gasteiger partial charge on any atom is -0.479 e. The molecule has 0 bridgehead atoms. The Labute approximate surface area is 117 Å². The summed E-state index contributed by atoms with van der Waals surface area (Å²) in [6, 6.07) is 5.96. The van der Waals surface area contributed by atoms with Gasteiger partial charge in [0.1, 0.15) is 12.3 Å². The largest absolute Gasteiger partial charge is 0.479 e. The number of ether oxygens (including phenoxy) is 1. The second-order valence-electron chi connectivity index (χ2n) is 5.50. The Morgan fingerprint density at radius 1 is 1.45 bits per heavy atom.